The van der Waals surface area contributed by atoms with E-state index in [2.05, 4.69) is 0 Å². The van der Waals surface area contributed by atoms with Gasteiger partial charge in [-0.1, -0.05) is 6.42 Å². The molecule has 0 spiro atoms. The monoisotopic (exact) mass is 271 g/mol. The number of amides is 1. The topological polar surface area (TPSA) is 66.8 Å². The van der Waals surface area contributed by atoms with E-state index in [-0.39, 0.29) is 17.9 Å². The Balaban J connectivity index is 2.45. The first-order valence-electron chi connectivity index (χ1n) is 6.86. The molecule has 2 unspecified atom stereocenters. The summed E-state index contributed by atoms with van der Waals surface area (Å²) in [7, 11) is 1.71. The number of carbonyl (C=O) groups is 2. The zero-order valence-corrected chi connectivity index (χ0v) is 12.3. The number of carbonyl (C=O) groups excluding carboxylic acids is 1. The lowest BCUT2D eigenvalue weighted by molar-refractivity contribution is -0.143. The van der Waals surface area contributed by atoms with Crippen LogP contribution in [0.2, 0.25) is 0 Å². The lowest BCUT2D eigenvalue weighted by Crippen LogP contribution is -2.38. The molecule has 5 nitrogen and oxygen atoms in total. The van der Waals surface area contributed by atoms with E-state index in [0.29, 0.717) is 13.0 Å². The molecule has 5 heteroatoms. The Morgan fingerprint density at radius 2 is 1.95 bits per heavy atom. The molecule has 1 fully saturated rings. The minimum Gasteiger partial charge on any atom is -0.481 e. The minimum absolute atomic E-state index is 0.257. The van der Waals surface area contributed by atoms with Crippen LogP contribution in [0.1, 0.15) is 46.5 Å². The number of hydrogen-bond acceptors (Lipinski definition) is 3. The SMILES string of the molecule is CN(CC1CCCC(C(=O)O)C1)C(=O)OC(C)(C)C. The number of hydrogen-bond donors (Lipinski definition) is 1. The van der Waals surface area contributed by atoms with E-state index in [9.17, 15) is 9.59 Å². The van der Waals surface area contributed by atoms with Crippen molar-refractivity contribution in [2.45, 2.75) is 52.1 Å². The molecule has 0 radical (unpaired) electrons. The summed E-state index contributed by atoms with van der Waals surface area (Å²) in [6.45, 7) is 6.07. The van der Waals surface area contributed by atoms with Crippen molar-refractivity contribution in [1.29, 1.82) is 0 Å². The average Bonchev–Trinajstić information content (AvgIpc) is 2.27. The zero-order valence-electron chi connectivity index (χ0n) is 12.3. The second kappa shape index (κ2) is 6.26. The second-order valence-corrected chi connectivity index (χ2v) is 6.43. The van der Waals surface area contributed by atoms with Gasteiger partial charge in [0.15, 0.2) is 0 Å². The maximum Gasteiger partial charge on any atom is 0.410 e. The molecule has 0 bridgehead atoms. The van der Waals surface area contributed by atoms with Gasteiger partial charge in [-0.25, -0.2) is 4.79 Å². The Bertz CT molecular complexity index is 335. The predicted molar refractivity (Wildman–Crippen MR) is 71.9 cm³/mol. The van der Waals surface area contributed by atoms with Crippen molar-refractivity contribution in [2.24, 2.45) is 11.8 Å². The molecule has 19 heavy (non-hydrogen) atoms. The molecule has 0 heterocycles. The van der Waals surface area contributed by atoms with Gasteiger partial charge in [0.05, 0.1) is 5.92 Å². The van der Waals surface area contributed by atoms with Crippen LogP contribution in [-0.2, 0) is 9.53 Å². The number of carboxylic acid groups (broad SMARTS) is 1. The highest BCUT2D eigenvalue weighted by Crippen LogP contribution is 2.29. The van der Waals surface area contributed by atoms with Gasteiger partial charge in [-0.2, -0.15) is 0 Å². The highest BCUT2D eigenvalue weighted by molar-refractivity contribution is 5.70. The first kappa shape index (κ1) is 15.8. The molecule has 1 rings (SSSR count). The molecular weight excluding hydrogens is 246 g/mol. The van der Waals surface area contributed by atoms with Crippen molar-refractivity contribution >= 4 is 12.1 Å². The molecule has 0 aromatic rings. The van der Waals surface area contributed by atoms with Crippen molar-refractivity contribution in [3.05, 3.63) is 0 Å². The Labute approximate surface area is 114 Å². The second-order valence-electron chi connectivity index (χ2n) is 6.43. The minimum atomic E-state index is -0.718. The van der Waals surface area contributed by atoms with Gasteiger partial charge >= 0.3 is 12.1 Å². The van der Waals surface area contributed by atoms with E-state index < -0.39 is 11.6 Å². The van der Waals surface area contributed by atoms with Crippen LogP contribution in [0, 0.1) is 11.8 Å². The molecule has 1 aliphatic rings. The van der Waals surface area contributed by atoms with E-state index >= 15 is 0 Å². The third-order valence-electron chi connectivity index (χ3n) is 3.37. The van der Waals surface area contributed by atoms with Gasteiger partial charge < -0.3 is 14.7 Å². The quantitative estimate of drug-likeness (QED) is 0.857. The van der Waals surface area contributed by atoms with Gasteiger partial charge in [-0.15, -0.1) is 0 Å². The van der Waals surface area contributed by atoms with Crippen LogP contribution in [0.25, 0.3) is 0 Å². The molecule has 110 valence electrons. The summed E-state index contributed by atoms with van der Waals surface area (Å²) >= 11 is 0. The zero-order chi connectivity index (χ0) is 14.6. The van der Waals surface area contributed by atoms with Crippen molar-refractivity contribution in [3.63, 3.8) is 0 Å². The molecule has 0 saturated heterocycles. The van der Waals surface area contributed by atoms with Gasteiger partial charge in [0.2, 0.25) is 0 Å². The fraction of sp³-hybridized carbons (Fsp3) is 0.857. The van der Waals surface area contributed by atoms with Gasteiger partial charge in [0.1, 0.15) is 5.60 Å². The Morgan fingerprint density at radius 3 is 2.47 bits per heavy atom. The molecule has 1 saturated carbocycles. The van der Waals surface area contributed by atoms with Crippen LogP contribution in [0.15, 0.2) is 0 Å². The Kier molecular flexibility index (Phi) is 5.20. The molecular formula is C14H25NO4. The summed E-state index contributed by atoms with van der Waals surface area (Å²) in [6, 6.07) is 0. The summed E-state index contributed by atoms with van der Waals surface area (Å²) < 4.78 is 5.29. The van der Waals surface area contributed by atoms with Crippen molar-refractivity contribution in [1.82, 2.24) is 4.90 Å². The van der Waals surface area contributed by atoms with Gasteiger partial charge in [-0.05, 0) is 46.0 Å². The van der Waals surface area contributed by atoms with E-state index in [1.165, 1.54) is 0 Å². The lowest BCUT2D eigenvalue weighted by Gasteiger charge is -2.31. The van der Waals surface area contributed by atoms with Crippen LogP contribution in [0.4, 0.5) is 4.79 Å². The third-order valence-corrected chi connectivity index (χ3v) is 3.37. The number of aliphatic carboxylic acids is 1. The van der Waals surface area contributed by atoms with Crippen molar-refractivity contribution in [2.75, 3.05) is 13.6 Å². The highest BCUT2D eigenvalue weighted by atomic mass is 16.6. The van der Waals surface area contributed by atoms with Crippen LogP contribution in [0.3, 0.4) is 0 Å². The summed E-state index contributed by atoms with van der Waals surface area (Å²) in [6.07, 6.45) is 2.97. The number of carboxylic acids is 1. The summed E-state index contributed by atoms with van der Waals surface area (Å²) in [5, 5.41) is 9.05. The first-order chi connectivity index (χ1) is 8.69. The van der Waals surface area contributed by atoms with Crippen LogP contribution >= 0.6 is 0 Å². The molecule has 1 aliphatic carbocycles. The maximum absolute atomic E-state index is 11.8. The van der Waals surface area contributed by atoms with Gasteiger partial charge in [0.25, 0.3) is 0 Å². The fourth-order valence-corrected chi connectivity index (χ4v) is 2.48. The van der Waals surface area contributed by atoms with Crippen LogP contribution in [0.5, 0.6) is 0 Å². The van der Waals surface area contributed by atoms with E-state index in [1.807, 2.05) is 20.8 Å². The number of nitrogens with zero attached hydrogens (tertiary/aromatic N) is 1. The van der Waals surface area contributed by atoms with Crippen LogP contribution in [-0.4, -0.2) is 41.3 Å². The average molecular weight is 271 g/mol. The predicted octanol–water partition coefficient (Wildman–Crippen LogP) is 2.74. The lowest BCUT2D eigenvalue weighted by atomic mass is 9.81. The van der Waals surface area contributed by atoms with E-state index in [4.69, 9.17) is 9.84 Å². The van der Waals surface area contributed by atoms with Crippen LogP contribution < -0.4 is 0 Å². The summed E-state index contributed by atoms with van der Waals surface area (Å²) in [5.41, 5.74) is -0.499. The molecule has 0 aromatic carbocycles. The van der Waals surface area contributed by atoms with Gasteiger partial charge in [-0.3, -0.25) is 4.79 Å². The molecule has 0 aliphatic heterocycles. The molecule has 1 amide bonds. The number of rotatable bonds is 3. The van der Waals surface area contributed by atoms with Gasteiger partial charge in [0, 0.05) is 13.6 Å². The maximum atomic E-state index is 11.8. The fourth-order valence-electron chi connectivity index (χ4n) is 2.48. The van der Waals surface area contributed by atoms with Crippen molar-refractivity contribution < 1.29 is 19.4 Å². The summed E-state index contributed by atoms with van der Waals surface area (Å²) in [4.78, 5) is 24.4. The normalized spacial score (nSPS) is 23.8. The molecule has 0 aromatic heterocycles. The third kappa shape index (κ3) is 5.49. The Morgan fingerprint density at radius 1 is 1.32 bits per heavy atom. The number of ether oxygens (including phenoxy) is 1. The van der Waals surface area contributed by atoms with E-state index in [0.717, 1.165) is 19.3 Å². The summed E-state index contributed by atoms with van der Waals surface area (Å²) in [5.74, 6) is -0.720. The van der Waals surface area contributed by atoms with Crippen molar-refractivity contribution in [3.8, 4) is 0 Å². The standard InChI is InChI=1S/C14H25NO4/c1-14(2,3)19-13(18)15(4)9-10-6-5-7-11(8-10)12(16)17/h10-11H,5-9H2,1-4H3,(H,16,17). The molecule has 2 atom stereocenters. The Hall–Kier alpha value is -1.26. The highest BCUT2D eigenvalue weighted by Gasteiger charge is 2.29. The van der Waals surface area contributed by atoms with E-state index in [1.54, 1.807) is 11.9 Å². The molecule has 1 N–H and O–H groups in total. The smallest absolute Gasteiger partial charge is 0.410 e. The largest absolute Gasteiger partial charge is 0.481 e. The first-order valence-corrected chi connectivity index (χ1v) is 6.86.